The number of benzene rings is 1. The van der Waals surface area contributed by atoms with Gasteiger partial charge in [0.05, 0.1) is 19.6 Å². The second-order valence-electron chi connectivity index (χ2n) is 3.88. The zero-order chi connectivity index (χ0) is 12.4. The van der Waals surface area contributed by atoms with E-state index in [1.165, 1.54) is 7.11 Å². The molecule has 1 aliphatic rings. The maximum absolute atomic E-state index is 11.8. The number of hydrogen-bond acceptors (Lipinski definition) is 4. The maximum Gasteiger partial charge on any atom is 0.251 e. The summed E-state index contributed by atoms with van der Waals surface area (Å²) in [6.45, 7) is 0. The lowest BCUT2D eigenvalue weighted by Gasteiger charge is -2.25. The molecule has 0 radical (unpaired) electrons. The van der Waals surface area contributed by atoms with Crippen LogP contribution in [0.1, 0.15) is 22.3 Å². The van der Waals surface area contributed by atoms with Gasteiger partial charge in [-0.25, -0.2) is 0 Å². The van der Waals surface area contributed by atoms with Crippen LogP contribution < -0.4 is 10.1 Å². The smallest absolute Gasteiger partial charge is 0.251 e. The van der Waals surface area contributed by atoms with Crippen molar-refractivity contribution in [3.05, 3.63) is 23.3 Å². The van der Waals surface area contributed by atoms with Crippen LogP contribution in [0.15, 0.2) is 12.1 Å². The van der Waals surface area contributed by atoms with E-state index >= 15 is 0 Å². The average Bonchev–Trinajstić information content (AvgIpc) is 2.31. The van der Waals surface area contributed by atoms with Gasteiger partial charge < -0.3 is 15.2 Å². The van der Waals surface area contributed by atoms with E-state index < -0.39 is 0 Å². The number of aromatic hydroxyl groups is 1. The molecule has 1 unspecified atom stereocenters. The molecule has 0 aromatic heterocycles. The molecule has 2 rings (SSSR count). The molecule has 0 bridgehead atoms. The topological polar surface area (TPSA) is 82.3 Å². The van der Waals surface area contributed by atoms with Crippen molar-refractivity contribution in [2.24, 2.45) is 0 Å². The number of fused-ring (bicyclic) bond motifs is 1. The third-order valence-corrected chi connectivity index (χ3v) is 2.83. The van der Waals surface area contributed by atoms with Crippen LogP contribution in [0.2, 0.25) is 0 Å². The number of phenols is 1. The van der Waals surface area contributed by atoms with Crippen molar-refractivity contribution >= 4 is 5.91 Å². The zero-order valence-corrected chi connectivity index (χ0v) is 9.36. The standard InChI is InChI=1S/C12H12N2O3/c1-17-10-3-2-8-9(11(10)15)6-7(4-5-13)14-12(8)16/h2-3,7,15H,4,6H2,1H3,(H,14,16). The van der Waals surface area contributed by atoms with E-state index in [2.05, 4.69) is 5.32 Å². The van der Waals surface area contributed by atoms with E-state index in [0.717, 1.165) is 0 Å². The molecular weight excluding hydrogens is 220 g/mol. The van der Waals surface area contributed by atoms with Crippen LogP contribution >= 0.6 is 0 Å². The summed E-state index contributed by atoms with van der Waals surface area (Å²) < 4.78 is 4.99. The highest BCUT2D eigenvalue weighted by Gasteiger charge is 2.27. The summed E-state index contributed by atoms with van der Waals surface area (Å²) in [5, 5.41) is 21.3. The number of ether oxygens (including phenoxy) is 1. The first-order valence-corrected chi connectivity index (χ1v) is 5.24. The van der Waals surface area contributed by atoms with Crippen molar-refractivity contribution in [1.82, 2.24) is 5.32 Å². The summed E-state index contributed by atoms with van der Waals surface area (Å²) in [6, 6.07) is 4.93. The summed E-state index contributed by atoms with van der Waals surface area (Å²) in [4.78, 5) is 11.8. The van der Waals surface area contributed by atoms with Gasteiger partial charge in [-0.1, -0.05) is 0 Å². The van der Waals surface area contributed by atoms with Crippen LogP contribution in [0.25, 0.3) is 0 Å². The number of carbonyl (C=O) groups excluding carboxylic acids is 1. The molecule has 0 saturated heterocycles. The summed E-state index contributed by atoms with van der Waals surface area (Å²) in [5.41, 5.74) is 0.992. The van der Waals surface area contributed by atoms with Gasteiger partial charge in [-0.2, -0.15) is 5.26 Å². The first kappa shape index (κ1) is 11.3. The highest BCUT2D eigenvalue weighted by Crippen LogP contribution is 2.35. The molecule has 5 nitrogen and oxygen atoms in total. The van der Waals surface area contributed by atoms with Gasteiger partial charge in [-0.15, -0.1) is 0 Å². The van der Waals surface area contributed by atoms with Gasteiger partial charge in [0.1, 0.15) is 0 Å². The molecular formula is C12H12N2O3. The average molecular weight is 232 g/mol. The van der Waals surface area contributed by atoms with Crippen molar-refractivity contribution < 1.29 is 14.6 Å². The van der Waals surface area contributed by atoms with Gasteiger partial charge in [0.2, 0.25) is 0 Å². The monoisotopic (exact) mass is 232 g/mol. The lowest BCUT2D eigenvalue weighted by atomic mass is 9.93. The Balaban J connectivity index is 2.44. The highest BCUT2D eigenvalue weighted by atomic mass is 16.5. The van der Waals surface area contributed by atoms with E-state index in [4.69, 9.17) is 10.00 Å². The summed E-state index contributed by atoms with van der Waals surface area (Å²) in [5.74, 6) is 0.0707. The summed E-state index contributed by atoms with van der Waals surface area (Å²) in [6.07, 6.45) is 0.666. The van der Waals surface area contributed by atoms with Crippen molar-refractivity contribution in [3.8, 4) is 17.6 Å². The van der Waals surface area contributed by atoms with Gasteiger partial charge in [0, 0.05) is 17.2 Å². The number of nitriles is 1. The fraction of sp³-hybridized carbons (Fsp3) is 0.333. The molecule has 1 aromatic rings. The quantitative estimate of drug-likeness (QED) is 0.795. The minimum absolute atomic E-state index is 0.0113. The summed E-state index contributed by atoms with van der Waals surface area (Å²) in [7, 11) is 1.46. The van der Waals surface area contributed by atoms with Crippen LogP contribution in [0.3, 0.4) is 0 Å². The fourth-order valence-electron chi connectivity index (χ4n) is 1.99. The Labute approximate surface area is 98.6 Å². The minimum Gasteiger partial charge on any atom is -0.504 e. The van der Waals surface area contributed by atoms with Crippen LogP contribution in [0.4, 0.5) is 0 Å². The Bertz CT molecular complexity index is 505. The number of hydrogen-bond donors (Lipinski definition) is 2. The van der Waals surface area contributed by atoms with Crippen molar-refractivity contribution in [2.75, 3.05) is 7.11 Å². The molecule has 1 aliphatic heterocycles. The molecule has 1 heterocycles. The molecule has 0 fully saturated rings. The van der Waals surface area contributed by atoms with Crippen molar-refractivity contribution in [3.63, 3.8) is 0 Å². The van der Waals surface area contributed by atoms with E-state index in [9.17, 15) is 9.90 Å². The Morgan fingerprint density at radius 3 is 3.06 bits per heavy atom. The predicted molar refractivity (Wildman–Crippen MR) is 59.8 cm³/mol. The van der Waals surface area contributed by atoms with E-state index in [-0.39, 0.29) is 24.1 Å². The SMILES string of the molecule is COc1ccc2c(c1O)CC(CC#N)NC2=O. The van der Waals surface area contributed by atoms with Gasteiger partial charge >= 0.3 is 0 Å². The number of nitrogens with one attached hydrogen (secondary N) is 1. The second kappa shape index (κ2) is 4.34. The molecule has 0 aliphatic carbocycles. The van der Waals surface area contributed by atoms with Gasteiger partial charge in [-0.3, -0.25) is 4.79 Å². The number of nitrogens with zero attached hydrogens (tertiary/aromatic N) is 1. The molecule has 17 heavy (non-hydrogen) atoms. The second-order valence-corrected chi connectivity index (χ2v) is 3.88. The molecule has 88 valence electrons. The number of rotatable bonds is 2. The Kier molecular flexibility index (Phi) is 2.88. The molecule has 1 aromatic carbocycles. The van der Waals surface area contributed by atoms with Crippen LogP contribution in [0, 0.1) is 11.3 Å². The number of methoxy groups -OCH3 is 1. The molecule has 0 spiro atoms. The Morgan fingerprint density at radius 1 is 1.65 bits per heavy atom. The third-order valence-electron chi connectivity index (χ3n) is 2.83. The van der Waals surface area contributed by atoms with Crippen LogP contribution in [-0.2, 0) is 6.42 Å². The first-order chi connectivity index (χ1) is 8.17. The predicted octanol–water partition coefficient (Wildman–Crippen LogP) is 0.969. The largest absolute Gasteiger partial charge is 0.504 e. The fourth-order valence-corrected chi connectivity index (χ4v) is 1.99. The Morgan fingerprint density at radius 2 is 2.41 bits per heavy atom. The van der Waals surface area contributed by atoms with Crippen LogP contribution in [-0.4, -0.2) is 24.2 Å². The number of carbonyl (C=O) groups is 1. The lowest BCUT2D eigenvalue weighted by Crippen LogP contribution is -2.41. The molecule has 1 amide bonds. The first-order valence-electron chi connectivity index (χ1n) is 5.24. The normalized spacial score (nSPS) is 17.9. The lowest BCUT2D eigenvalue weighted by molar-refractivity contribution is 0.0925. The molecule has 5 heteroatoms. The van der Waals surface area contributed by atoms with Crippen LogP contribution in [0.5, 0.6) is 11.5 Å². The molecule has 0 saturated carbocycles. The minimum atomic E-state index is -0.260. The maximum atomic E-state index is 11.8. The zero-order valence-electron chi connectivity index (χ0n) is 9.36. The number of amides is 1. The molecule has 1 atom stereocenters. The van der Waals surface area contributed by atoms with Gasteiger partial charge in [-0.05, 0) is 18.6 Å². The molecule has 2 N–H and O–H groups in total. The highest BCUT2D eigenvalue weighted by molar-refractivity contribution is 5.98. The number of phenolic OH excluding ortho intramolecular Hbond substituents is 1. The van der Waals surface area contributed by atoms with E-state index in [1.54, 1.807) is 12.1 Å². The van der Waals surface area contributed by atoms with Crippen molar-refractivity contribution in [2.45, 2.75) is 18.9 Å². The summed E-state index contributed by atoms with van der Waals surface area (Å²) >= 11 is 0. The third kappa shape index (κ3) is 1.89. The van der Waals surface area contributed by atoms with E-state index in [0.29, 0.717) is 23.3 Å². The van der Waals surface area contributed by atoms with Crippen molar-refractivity contribution in [1.29, 1.82) is 5.26 Å². The van der Waals surface area contributed by atoms with E-state index in [1.807, 2.05) is 6.07 Å². The Hall–Kier alpha value is -2.22. The van der Waals surface area contributed by atoms with Gasteiger partial charge in [0.25, 0.3) is 5.91 Å². The van der Waals surface area contributed by atoms with Gasteiger partial charge in [0.15, 0.2) is 11.5 Å².